The van der Waals surface area contributed by atoms with Crippen molar-refractivity contribution in [1.82, 2.24) is 14.7 Å². The number of carbonyl (C=O) groups excluding carboxylic acids is 4. The Balaban J connectivity index is 1.25. The zero-order valence-electron chi connectivity index (χ0n) is 25.1. The lowest BCUT2D eigenvalue weighted by Crippen LogP contribution is -2.55. The first-order chi connectivity index (χ1) is 21.0. The van der Waals surface area contributed by atoms with E-state index in [4.69, 9.17) is 4.74 Å². The van der Waals surface area contributed by atoms with Crippen molar-refractivity contribution in [3.63, 3.8) is 0 Å². The largest absolute Gasteiger partial charge is 0.360 e. The number of urea groups is 1. The van der Waals surface area contributed by atoms with E-state index >= 15 is 0 Å². The summed E-state index contributed by atoms with van der Waals surface area (Å²) in [6.07, 6.45) is 14.8. The van der Waals surface area contributed by atoms with Gasteiger partial charge in [0.2, 0.25) is 18.2 Å². The third-order valence-corrected chi connectivity index (χ3v) is 10.7. The van der Waals surface area contributed by atoms with Gasteiger partial charge < -0.3 is 9.84 Å². The number of rotatable bonds is 12. The minimum Gasteiger partial charge on any atom is -0.360 e. The van der Waals surface area contributed by atoms with Crippen LogP contribution in [0.2, 0.25) is 0 Å². The van der Waals surface area contributed by atoms with Crippen molar-refractivity contribution in [3.8, 4) is 0 Å². The van der Waals surface area contributed by atoms with Gasteiger partial charge in [0.25, 0.3) is 0 Å². The van der Waals surface area contributed by atoms with E-state index in [2.05, 4.69) is 15.0 Å². The molecule has 5 fully saturated rings. The van der Waals surface area contributed by atoms with E-state index in [1.807, 2.05) is 9.80 Å². The van der Waals surface area contributed by atoms with E-state index in [1.165, 1.54) is 0 Å². The molecular weight excluding hydrogens is 552 g/mol. The maximum absolute atomic E-state index is 14.2. The Kier molecular flexibility index (Phi) is 11.3. The van der Waals surface area contributed by atoms with Gasteiger partial charge in [-0.3, -0.25) is 9.80 Å². The summed E-state index contributed by atoms with van der Waals surface area (Å²) in [5, 5.41) is 11.8. The van der Waals surface area contributed by atoms with Crippen LogP contribution < -0.4 is 0 Å². The molecule has 2 unspecified atom stereocenters. The number of nitrogens with zero attached hydrogens (tertiary/aromatic N) is 6. The molecule has 0 spiro atoms. The van der Waals surface area contributed by atoms with Crippen LogP contribution in [0.1, 0.15) is 77.0 Å². The first-order valence-electron chi connectivity index (χ1n) is 16.3. The first-order valence-corrected chi connectivity index (χ1v) is 16.3. The molecule has 3 saturated carbocycles. The van der Waals surface area contributed by atoms with Crippen molar-refractivity contribution < 1.29 is 29.0 Å². The third-order valence-electron chi connectivity index (χ3n) is 10.7. The van der Waals surface area contributed by atoms with E-state index in [0.29, 0.717) is 68.9 Å². The second-order valence-corrected chi connectivity index (χ2v) is 13.5. The van der Waals surface area contributed by atoms with Crippen LogP contribution in [0.25, 0.3) is 0 Å². The molecule has 1 N–H and O–H groups in total. The van der Waals surface area contributed by atoms with Crippen LogP contribution in [0.15, 0.2) is 15.0 Å². The fraction of sp³-hybridized carbons (Fsp3) is 0.871. The van der Waals surface area contributed by atoms with Crippen LogP contribution in [-0.4, -0.2) is 102 Å². The monoisotopic (exact) mass is 598 g/mol. The Hall–Kier alpha value is -2.71. The van der Waals surface area contributed by atoms with Gasteiger partial charge in [0.1, 0.15) is 0 Å². The van der Waals surface area contributed by atoms with E-state index in [-0.39, 0.29) is 24.4 Å². The molecule has 0 aromatic heterocycles. The Bertz CT molecular complexity index is 1080. The molecule has 236 valence electrons. The molecule has 5 aliphatic rings. The summed E-state index contributed by atoms with van der Waals surface area (Å²) in [6.45, 7) is 3.31. The van der Waals surface area contributed by atoms with Crippen LogP contribution in [0.5, 0.6) is 0 Å². The molecule has 2 aliphatic heterocycles. The maximum Gasteiger partial charge on any atom is 0.325 e. The minimum atomic E-state index is -1.06. The Morgan fingerprint density at radius 2 is 0.953 bits per heavy atom. The Morgan fingerprint density at radius 3 is 1.37 bits per heavy atom. The van der Waals surface area contributed by atoms with E-state index in [1.54, 1.807) is 23.1 Å². The second kappa shape index (κ2) is 15.3. The van der Waals surface area contributed by atoms with Crippen molar-refractivity contribution in [3.05, 3.63) is 0 Å². The van der Waals surface area contributed by atoms with E-state index in [9.17, 15) is 24.3 Å². The molecule has 43 heavy (non-hydrogen) atoms. The number of amides is 2. The van der Waals surface area contributed by atoms with E-state index in [0.717, 1.165) is 77.0 Å². The zero-order valence-corrected chi connectivity index (χ0v) is 25.1. The summed E-state index contributed by atoms with van der Waals surface area (Å²) < 4.78 is 6.13. The number of hydrogen-bond donors (Lipinski definition) is 1. The zero-order chi connectivity index (χ0) is 30.2. The topological polar surface area (TPSA) is 148 Å². The fourth-order valence-electron chi connectivity index (χ4n) is 7.95. The van der Waals surface area contributed by atoms with Crippen molar-refractivity contribution in [1.29, 1.82) is 0 Å². The molecule has 0 aromatic rings. The Labute approximate surface area is 253 Å². The number of fused-ring (bicyclic) bond motifs is 1. The maximum atomic E-state index is 14.2. The van der Waals surface area contributed by atoms with Gasteiger partial charge in [0, 0.05) is 19.6 Å². The predicted molar refractivity (Wildman–Crippen MR) is 155 cm³/mol. The molecule has 0 bridgehead atoms. The number of aliphatic hydroxyl groups is 1. The van der Waals surface area contributed by atoms with Crippen molar-refractivity contribution in [2.75, 3.05) is 39.3 Å². The summed E-state index contributed by atoms with van der Waals surface area (Å²) >= 11 is 0. The predicted octanol–water partition coefficient (Wildman–Crippen LogP) is 3.41. The van der Waals surface area contributed by atoms with Gasteiger partial charge in [-0.25, -0.2) is 39.1 Å². The standard InChI is InChI=1S/C31H46N6O6/c38-19-32-13-22-1-7-25(8-2-22)16-35-28-29(43-28)36(17-26-9-3-23(4-10-26)14-33-20-39)31(42)37(30(35)41)18-27-11-5-24(6-12-27)15-34-21-40/h22-30,41H,1-18H2/t22?,23?,24?,25?,26?,27?,28-,29?,30?/m1/s1. The number of aliphatic hydroxyl groups excluding tert-OH is 1. The van der Waals surface area contributed by atoms with Gasteiger partial charge in [-0.05, 0) is 113 Å². The molecule has 0 radical (unpaired) electrons. The highest BCUT2D eigenvalue weighted by Gasteiger charge is 2.57. The molecule has 2 amide bonds. The molecular formula is C31H46N6O6. The molecule has 3 atom stereocenters. The van der Waals surface area contributed by atoms with Crippen LogP contribution in [0.4, 0.5) is 4.79 Å². The fourth-order valence-corrected chi connectivity index (χ4v) is 7.95. The van der Waals surface area contributed by atoms with Crippen molar-refractivity contribution >= 4 is 24.3 Å². The highest BCUT2D eigenvalue weighted by Crippen LogP contribution is 2.41. The number of carbonyl (C=O) groups is 1. The first kappa shape index (κ1) is 31.7. The SMILES string of the molecule is O=C=NCC1CCC(CN2C(=O)N(CC3CCC(CN=C=O)CC3)C(O)N(CC3CCC(CN=C=O)CC3)[C@@H]3OC32)CC1. The summed E-state index contributed by atoms with van der Waals surface area (Å²) in [7, 11) is 0. The van der Waals surface area contributed by atoms with Crippen LogP contribution in [0, 0.1) is 35.5 Å². The summed E-state index contributed by atoms with van der Waals surface area (Å²) in [5.41, 5.74) is 0. The number of ether oxygens (including phenoxy) is 1. The van der Waals surface area contributed by atoms with Gasteiger partial charge in [-0.15, -0.1) is 0 Å². The number of aliphatic imine (C=N–C) groups is 3. The summed E-state index contributed by atoms with van der Waals surface area (Å²) in [6, 6.07) is -0.154. The molecule has 0 aromatic carbocycles. The average Bonchev–Trinajstić information content (AvgIpc) is 3.83. The van der Waals surface area contributed by atoms with Crippen molar-refractivity contribution in [2.45, 2.75) is 95.9 Å². The quantitative estimate of drug-likeness (QED) is 0.206. The van der Waals surface area contributed by atoms with E-state index < -0.39 is 6.35 Å². The second-order valence-electron chi connectivity index (χ2n) is 13.5. The summed E-state index contributed by atoms with van der Waals surface area (Å²) in [4.78, 5) is 62.6. The van der Waals surface area contributed by atoms with Gasteiger partial charge in [0.05, 0.1) is 19.6 Å². The van der Waals surface area contributed by atoms with Crippen molar-refractivity contribution in [2.24, 2.45) is 50.5 Å². The Morgan fingerprint density at radius 1 is 0.581 bits per heavy atom. The molecule has 2 saturated heterocycles. The lowest BCUT2D eigenvalue weighted by Gasteiger charge is -2.40. The van der Waals surface area contributed by atoms with Gasteiger partial charge in [0.15, 0.2) is 18.8 Å². The molecule has 3 aliphatic carbocycles. The highest BCUT2D eigenvalue weighted by atomic mass is 16.6. The van der Waals surface area contributed by atoms with Gasteiger partial charge >= 0.3 is 6.03 Å². The van der Waals surface area contributed by atoms with Crippen LogP contribution in [0.3, 0.4) is 0 Å². The van der Waals surface area contributed by atoms with Gasteiger partial charge in [-0.2, -0.15) is 0 Å². The van der Waals surface area contributed by atoms with Crippen LogP contribution in [-0.2, 0) is 19.1 Å². The number of isocyanates is 3. The molecule has 5 rings (SSSR count). The minimum absolute atomic E-state index is 0.154. The average molecular weight is 599 g/mol. The van der Waals surface area contributed by atoms with Gasteiger partial charge in [-0.1, -0.05) is 0 Å². The number of epoxide rings is 1. The smallest absolute Gasteiger partial charge is 0.325 e. The summed E-state index contributed by atoms with van der Waals surface area (Å²) in [5.74, 6) is 2.15. The normalized spacial score (nSPS) is 36.4. The lowest BCUT2D eigenvalue weighted by molar-refractivity contribution is -0.121. The lowest BCUT2D eigenvalue weighted by atomic mass is 9.81. The molecule has 12 nitrogen and oxygen atoms in total. The molecule has 2 heterocycles. The third kappa shape index (κ3) is 8.27. The molecule has 12 heteroatoms. The highest BCUT2D eigenvalue weighted by molar-refractivity contribution is 5.75. The number of hydrogen-bond acceptors (Lipinski definition) is 10. The van der Waals surface area contributed by atoms with Crippen LogP contribution >= 0.6 is 0 Å².